The van der Waals surface area contributed by atoms with Crippen LogP contribution in [-0.4, -0.2) is 49.3 Å². The molecule has 0 aliphatic heterocycles. The van der Waals surface area contributed by atoms with Gasteiger partial charge in [0.05, 0.1) is 6.61 Å². The molecule has 3 nitrogen and oxygen atoms in total. The fourth-order valence-corrected chi connectivity index (χ4v) is 0.972. The molecule has 0 rings (SSSR count). The third-order valence-corrected chi connectivity index (χ3v) is 1.73. The van der Waals surface area contributed by atoms with Crippen LogP contribution in [0.4, 0.5) is 0 Å². The monoisotopic (exact) mass is 160 g/mol. The summed E-state index contributed by atoms with van der Waals surface area (Å²) in [5.74, 6) is 0. The minimum Gasteiger partial charge on any atom is -0.395 e. The fourth-order valence-electron chi connectivity index (χ4n) is 0.972. The van der Waals surface area contributed by atoms with Gasteiger partial charge in [0.1, 0.15) is 0 Å². The van der Waals surface area contributed by atoms with Crippen LogP contribution in [0.15, 0.2) is 0 Å². The second kappa shape index (κ2) is 6.58. The average molecular weight is 160 g/mol. The number of likely N-dealkylation sites (N-methyl/N-ethyl adjacent to an activating group) is 1. The van der Waals surface area contributed by atoms with E-state index in [1.54, 1.807) is 0 Å². The van der Waals surface area contributed by atoms with E-state index in [0.717, 1.165) is 13.1 Å². The van der Waals surface area contributed by atoms with Crippen molar-refractivity contribution in [2.75, 3.05) is 33.3 Å². The SMILES string of the molecule is CCN(C)CC(C)NCCO. The zero-order valence-corrected chi connectivity index (χ0v) is 7.80. The van der Waals surface area contributed by atoms with Crippen molar-refractivity contribution in [2.45, 2.75) is 19.9 Å². The standard InChI is InChI=1S/C8H20N2O/c1-4-10(3)7-8(2)9-5-6-11/h8-9,11H,4-7H2,1-3H3. The molecule has 11 heavy (non-hydrogen) atoms. The number of aliphatic hydroxyl groups is 1. The van der Waals surface area contributed by atoms with E-state index in [1.807, 2.05) is 0 Å². The lowest BCUT2D eigenvalue weighted by Crippen LogP contribution is -2.38. The zero-order valence-electron chi connectivity index (χ0n) is 7.80. The van der Waals surface area contributed by atoms with Crippen molar-refractivity contribution < 1.29 is 5.11 Å². The summed E-state index contributed by atoms with van der Waals surface area (Å²) in [5, 5.41) is 11.7. The largest absolute Gasteiger partial charge is 0.395 e. The molecule has 0 saturated carbocycles. The molecular formula is C8H20N2O. The van der Waals surface area contributed by atoms with Crippen LogP contribution in [0.5, 0.6) is 0 Å². The molecule has 1 unspecified atom stereocenters. The molecule has 0 amide bonds. The van der Waals surface area contributed by atoms with Crippen LogP contribution in [0, 0.1) is 0 Å². The minimum atomic E-state index is 0.222. The molecule has 68 valence electrons. The van der Waals surface area contributed by atoms with Crippen molar-refractivity contribution in [3.05, 3.63) is 0 Å². The van der Waals surface area contributed by atoms with Crippen molar-refractivity contribution in [3.63, 3.8) is 0 Å². The average Bonchev–Trinajstić information content (AvgIpc) is 2.00. The van der Waals surface area contributed by atoms with Crippen LogP contribution in [0.25, 0.3) is 0 Å². The smallest absolute Gasteiger partial charge is 0.0556 e. The Kier molecular flexibility index (Phi) is 6.51. The van der Waals surface area contributed by atoms with Crippen LogP contribution >= 0.6 is 0 Å². The maximum absolute atomic E-state index is 8.53. The maximum atomic E-state index is 8.53. The number of nitrogens with zero attached hydrogens (tertiary/aromatic N) is 1. The van der Waals surface area contributed by atoms with Gasteiger partial charge in [-0.3, -0.25) is 0 Å². The summed E-state index contributed by atoms with van der Waals surface area (Å²) in [6, 6.07) is 0.465. The molecular weight excluding hydrogens is 140 g/mol. The molecule has 0 aromatic rings. The normalized spacial score (nSPS) is 13.9. The summed E-state index contributed by atoms with van der Waals surface area (Å²) < 4.78 is 0. The van der Waals surface area contributed by atoms with Gasteiger partial charge in [0.2, 0.25) is 0 Å². The van der Waals surface area contributed by atoms with E-state index in [1.165, 1.54) is 0 Å². The molecule has 0 heterocycles. The van der Waals surface area contributed by atoms with Gasteiger partial charge in [-0.25, -0.2) is 0 Å². The third kappa shape index (κ3) is 6.28. The van der Waals surface area contributed by atoms with E-state index in [-0.39, 0.29) is 6.61 Å². The molecule has 0 fully saturated rings. The van der Waals surface area contributed by atoms with E-state index in [2.05, 4.69) is 31.1 Å². The first kappa shape index (κ1) is 10.9. The molecule has 0 aliphatic carbocycles. The second-order valence-electron chi connectivity index (χ2n) is 2.93. The van der Waals surface area contributed by atoms with Gasteiger partial charge in [-0.1, -0.05) is 6.92 Å². The molecule has 0 aromatic heterocycles. The highest BCUT2D eigenvalue weighted by Crippen LogP contribution is 1.86. The van der Waals surface area contributed by atoms with E-state index < -0.39 is 0 Å². The van der Waals surface area contributed by atoms with E-state index >= 15 is 0 Å². The molecule has 0 radical (unpaired) electrons. The molecule has 0 bridgehead atoms. The van der Waals surface area contributed by atoms with Gasteiger partial charge in [-0.05, 0) is 20.5 Å². The van der Waals surface area contributed by atoms with Gasteiger partial charge in [0, 0.05) is 19.1 Å². The van der Waals surface area contributed by atoms with E-state index in [9.17, 15) is 0 Å². The zero-order chi connectivity index (χ0) is 8.69. The highest BCUT2D eigenvalue weighted by atomic mass is 16.3. The Morgan fingerprint density at radius 1 is 1.55 bits per heavy atom. The summed E-state index contributed by atoms with van der Waals surface area (Å²) >= 11 is 0. The highest BCUT2D eigenvalue weighted by molar-refractivity contribution is 4.63. The van der Waals surface area contributed by atoms with Gasteiger partial charge in [0.15, 0.2) is 0 Å². The van der Waals surface area contributed by atoms with Crippen molar-refractivity contribution in [3.8, 4) is 0 Å². The number of aliphatic hydroxyl groups excluding tert-OH is 1. The molecule has 0 saturated heterocycles. The Balaban J connectivity index is 3.27. The Hall–Kier alpha value is -0.120. The summed E-state index contributed by atoms with van der Waals surface area (Å²) in [7, 11) is 2.09. The Morgan fingerprint density at radius 3 is 2.64 bits per heavy atom. The topological polar surface area (TPSA) is 35.5 Å². The lowest BCUT2D eigenvalue weighted by atomic mass is 10.3. The molecule has 3 heteroatoms. The molecule has 0 spiro atoms. The number of hydrogen-bond acceptors (Lipinski definition) is 3. The van der Waals surface area contributed by atoms with Gasteiger partial charge in [-0.15, -0.1) is 0 Å². The Bertz CT molecular complexity index is 88.2. The van der Waals surface area contributed by atoms with E-state index in [4.69, 9.17) is 5.11 Å². The number of hydrogen-bond donors (Lipinski definition) is 2. The van der Waals surface area contributed by atoms with Gasteiger partial charge in [-0.2, -0.15) is 0 Å². The second-order valence-corrected chi connectivity index (χ2v) is 2.93. The highest BCUT2D eigenvalue weighted by Gasteiger charge is 2.02. The van der Waals surface area contributed by atoms with Crippen LogP contribution in [0.2, 0.25) is 0 Å². The fraction of sp³-hybridized carbons (Fsp3) is 1.00. The first-order chi connectivity index (χ1) is 5.20. The molecule has 0 aromatic carbocycles. The van der Waals surface area contributed by atoms with Gasteiger partial charge in [0.25, 0.3) is 0 Å². The lowest BCUT2D eigenvalue weighted by Gasteiger charge is -2.20. The van der Waals surface area contributed by atoms with Crippen molar-refractivity contribution in [2.24, 2.45) is 0 Å². The molecule has 2 N–H and O–H groups in total. The maximum Gasteiger partial charge on any atom is 0.0556 e. The lowest BCUT2D eigenvalue weighted by molar-refractivity contribution is 0.266. The first-order valence-electron chi connectivity index (χ1n) is 4.23. The number of nitrogens with one attached hydrogen (secondary N) is 1. The first-order valence-corrected chi connectivity index (χ1v) is 4.23. The summed E-state index contributed by atoms with van der Waals surface area (Å²) in [5.41, 5.74) is 0. The summed E-state index contributed by atoms with van der Waals surface area (Å²) in [6.45, 7) is 7.29. The van der Waals surface area contributed by atoms with Gasteiger partial charge >= 0.3 is 0 Å². The van der Waals surface area contributed by atoms with Crippen LogP contribution < -0.4 is 5.32 Å². The van der Waals surface area contributed by atoms with Gasteiger partial charge < -0.3 is 15.3 Å². The minimum absolute atomic E-state index is 0.222. The van der Waals surface area contributed by atoms with Crippen LogP contribution in [0.3, 0.4) is 0 Å². The Labute approximate surface area is 69.4 Å². The van der Waals surface area contributed by atoms with Crippen molar-refractivity contribution in [1.29, 1.82) is 0 Å². The summed E-state index contributed by atoms with van der Waals surface area (Å²) in [4.78, 5) is 2.25. The predicted molar refractivity (Wildman–Crippen MR) is 47.7 cm³/mol. The van der Waals surface area contributed by atoms with Crippen molar-refractivity contribution >= 4 is 0 Å². The van der Waals surface area contributed by atoms with Crippen molar-refractivity contribution in [1.82, 2.24) is 10.2 Å². The Morgan fingerprint density at radius 2 is 2.18 bits per heavy atom. The quantitative estimate of drug-likeness (QED) is 0.570. The third-order valence-electron chi connectivity index (χ3n) is 1.73. The predicted octanol–water partition coefficient (Wildman–Crippen LogP) is -0.0915. The van der Waals surface area contributed by atoms with Crippen LogP contribution in [-0.2, 0) is 0 Å². The number of rotatable bonds is 6. The molecule has 1 atom stereocenters. The molecule has 0 aliphatic rings. The van der Waals surface area contributed by atoms with E-state index in [0.29, 0.717) is 12.6 Å². The van der Waals surface area contributed by atoms with Crippen LogP contribution in [0.1, 0.15) is 13.8 Å². The summed E-state index contributed by atoms with van der Waals surface area (Å²) in [6.07, 6.45) is 0.